The van der Waals surface area contributed by atoms with Crippen LogP contribution in [-0.2, 0) is 4.79 Å². The normalized spacial score (nSPS) is 29.4. The lowest BCUT2D eigenvalue weighted by Gasteiger charge is -1.89. The van der Waals surface area contributed by atoms with Crippen molar-refractivity contribution in [1.82, 2.24) is 0 Å². The molecule has 44 valence electrons. The highest BCUT2D eigenvalue weighted by molar-refractivity contribution is 8.17. The van der Waals surface area contributed by atoms with Gasteiger partial charge in [0.2, 0.25) is 0 Å². The Morgan fingerprint density at radius 2 is 2.50 bits per heavy atom. The van der Waals surface area contributed by atoms with E-state index in [4.69, 9.17) is 0 Å². The second kappa shape index (κ2) is 1.94. The molecule has 0 spiro atoms. The molecule has 1 fully saturated rings. The highest BCUT2D eigenvalue weighted by Gasteiger charge is 2.23. The van der Waals surface area contributed by atoms with Crippen LogP contribution in [0.5, 0.6) is 0 Å². The monoisotopic (exact) mass is 128 g/mol. The summed E-state index contributed by atoms with van der Waals surface area (Å²) >= 11 is 1.30. The van der Waals surface area contributed by atoms with Gasteiger partial charge in [-0.05, 0) is 11.3 Å². The van der Waals surface area contributed by atoms with Crippen molar-refractivity contribution in [1.29, 1.82) is 0 Å². The zero-order valence-corrected chi connectivity index (χ0v) is 5.62. The Bertz CT molecular complexity index is 139. The summed E-state index contributed by atoms with van der Waals surface area (Å²) in [5, 5.41) is 0.273. The molecule has 0 N–H and O–H groups in total. The third-order valence-corrected chi connectivity index (χ3v) is 2.24. The van der Waals surface area contributed by atoms with Gasteiger partial charge in [-0.25, -0.2) is 0 Å². The molecule has 0 bridgehead atoms. The SMILES string of the molecule is C=C1CC(C)C(=O)S1. The molecule has 1 rings (SSSR count). The molecule has 0 radical (unpaired) electrons. The maximum Gasteiger partial charge on any atom is 0.196 e. The van der Waals surface area contributed by atoms with Crippen LogP contribution in [-0.4, -0.2) is 5.12 Å². The molecule has 2 heteroatoms. The number of hydrogen-bond donors (Lipinski definition) is 0. The zero-order chi connectivity index (χ0) is 6.15. The van der Waals surface area contributed by atoms with Gasteiger partial charge in [0.15, 0.2) is 5.12 Å². The lowest BCUT2D eigenvalue weighted by atomic mass is 10.1. The van der Waals surface area contributed by atoms with E-state index in [2.05, 4.69) is 6.58 Å². The predicted molar refractivity (Wildman–Crippen MR) is 35.5 cm³/mol. The first-order chi connectivity index (χ1) is 3.70. The van der Waals surface area contributed by atoms with Crippen LogP contribution in [0, 0.1) is 5.92 Å². The molecule has 1 aliphatic rings. The molecular weight excluding hydrogens is 120 g/mol. The maximum atomic E-state index is 10.7. The summed E-state index contributed by atoms with van der Waals surface area (Å²) in [4.78, 5) is 11.7. The number of hydrogen-bond acceptors (Lipinski definition) is 2. The van der Waals surface area contributed by atoms with Gasteiger partial charge in [0.1, 0.15) is 0 Å². The second-order valence-electron chi connectivity index (χ2n) is 2.06. The van der Waals surface area contributed by atoms with E-state index in [9.17, 15) is 4.79 Å². The van der Waals surface area contributed by atoms with Crippen molar-refractivity contribution in [3.05, 3.63) is 11.5 Å². The van der Waals surface area contributed by atoms with E-state index < -0.39 is 0 Å². The number of carbonyl (C=O) groups excluding carboxylic acids is 1. The van der Waals surface area contributed by atoms with Crippen molar-refractivity contribution < 1.29 is 4.79 Å². The third kappa shape index (κ3) is 0.944. The maximum absolute atomic E-state index is 10.7. The van der Waals surface area contributed by atoms with Crippen LogP contribution in [0.2, 0.25) is 0 Å². The summed E-state index contributed by atoms with van der Waals surface area (Å²) in [6, 6.07) is 0. The Balaban J connectivity index is 2.64. The molecular formula is C6H8OS. The number of thioether (sulfide) groups is 1. The molecule has 0 aromatic carbocycles. The molecule has 0 saturated carbocycles. The van der Waals surface area contributed by atoms with Crippen molar-refractivity contribution in [3.8, 4) is 0 Å². The minimum Gasteiger partial charge on any atom is -0.287 e. The van der Waals surface area contributed by atoms with Gasteiger partial charge in [0, 0.05) is 5.92 Å². The minimum absolute atomic E-state index is 0.215. The van der Waals surface area contributed by atoms with Gasteiger partial charge in [0.25, 0.3) is 0 Å². The van der Waals surface area contributed by atoms with Gasteiger partial charge >= 0.3 is 0 Å². The first-order valence-electron chi connectivity index (χ1n) is 2.59. The zero-order valence-electron chi connectivity index (χ0n) is 4.81. The van der Waals surface area contributed by atoms with Crippen molar-refractivity contribution in [3.63, 3.8) is 0 Å². The highest BCUT2D eigenvalue weighted by Crippen LogP contribution is 2.34. The second-order valence-corrected chi connectivity index (χ2v) is 3.25. The molecule has 0 amide bonds. The van der Waals surface area contributed by atoms with Gasteiger partial charge in [-0.2, -0.15) is 0 Å². The first kappa shape index (κ1) is 5.89. The predicted octanol–water partition coefficient (Wildman–Crippen LogP) is 1.80. The van der Waals surface area contributed by atoms with E-state index in [1.54, 1.807) is 0 Å². The average Bonchev–Trinajstić information content (AvgIpc) is 1.85. The van der Waals surface area contributed by atoms with Crippen LogP contribution in [0.3, 0.4) is 0 Å². The summed E-state index contributed by atoms with van der Waals surface area (Å²) in [6.07, 6.45) is 0.878. The fraction of sp³-hybridized carbons (Fsp3) is 0.500. The lowest BCUT2D eigenvalue weighted by molar-refractivity contribution is -0.113. The summed E-state index contributed by atoms with van der Waals surface area (Å²) in [5.41, 5.74) is 0. The van der Waals surface area contributed by atoms with Crippen molar-refractivity contribution >= 4 is 16.9 Å². The molecule has 0 aromatic heterocycles. The Morgan fingerprint density at radius 1 is 1.88 bits per heavy atom. The van der Waals surface area contributed by atoms with Crippen LogP contribution < -0.4 is 0 Å². The summed E-state index contributed by atoms with van der Waals surface area (Å²) in [6.45, 7) is 5.64. The molecule has 0 aliphatic carbocycles. The Kier molecular flexibility index (Phi) is 1.43. The van der Waals surface area contributed by atoms with E-state index in [1.807, 2.05) is 6.92 Å². The first-order valence-corrected chi connectivity index (χ1v) is 3.41. The molecule has 1 saturated heterocycles. The molecule has 1 nitrogen and oxygen atoms in total. The summed E-state index contributed by atoms with van der Waals surface area (Å²) in [7, 11) is 0. The molecule has 1 atom stereocenters. The van der Waals surface area contributed by atoms with Crippen LogP contribution in [0.25, 0.3) is 0 Å². The highest BCUT2D eigenvalue weighted by atomic mass is 32.2. The molecule has 1 unspecified atom stereocenters. The van der Waals surface area contributed by atoms with Crippen LogP contribution in [0.1, 0.15) is 13.3 Å². The van der Waals surface area contributed by atoms with Gasteiger partial charge < -0.3 is 0 Å². The van der Waals surface area contributed by atoms with Gasteiger partial charge in [0.05, 0.1) is 0 Å². The number of rotatable bonds is 0. The minimum atomic E-state index is 0.215. The Labute approximate surface area is 53.2 Å². The quantitative estimate of drug-likeness (QED) is 0.495. The molecule has 0 aromatic rings. The fourth-order valence-corrected chi connectivity index (χ4v) is 1.61. The van der Waals surface area contributed by atoms with E-state index >= 15 is 0 Å². The van der Waals surface area contributed by atoms with Crippen LogP contribution in [0.4, 0.5) is 0 Å². The van der Waals surface area contributed by atoms with Crippen LogP contribution in [0.15, 0.2) is 11.5 Å². The van der Waals surface area contributed by atoms with Gasteiger partial charge in [-0.3, -0.25) is 4.79 Å². The van der Waals surface area contributed by atoms with Crippen molar-refractivity contribution in [2.45, 2.75) is 13.3 Å². The van der Waals surface area contributed by atoms with E-state index in [0.29, 0.717) is 0 Å². The van der Waals surface area contributed by atoms with E-state index in [-0.39, 0.29) is 11.0 Å². The smallest absolute Gasteiger partial charge is 0.196 e. The molecule has 8 heavy (non-hydrogen) atoms. The topological polar surface area (TPSA) is 17.1 Å². The summed E-state index contributed by atoms with van der Waals surface area (Å²) in [5.74, 6) is 0.215. The number of allylic oxidation sites excluding steroid dienone is 1. The standard InChI is InChI=1S/C6H8OS/c1-4-3-5(2)8-6(4)7/h4H,2-3H2,1H3. The van der Waals surface area contributed by atoms with Crippen molar-refractivity contribution in [2.75, 3.05) is 0 Å². The molecule has 1 heterocycles. The van der Waals surface area contributed by atoms with Crippen molar-refractivity contribution in [2.24, 2.45) is 5.92 Å². The largest absolute Gasteiger partial charge is 0.287 e. The van der Waals surface area contributed by atoms with E-state index in [1.165, 1.54) is 11.8 Å². The number of carbonyl (C=O) groups is 1. The fourth-order valence-electron chi connectivity index (χ4n) is 0.709. The van der Waals surface area contributed by atoms with Gasteiger partial charge in [-0.1, -0.05) is 25.3 Å². The van der Waals surface area contributed by atoms with Crippen LogP contribution >= 0.6 is 11.8 Å². The van der Waals surface area contributed by atoms with Gasteiger partial charge in [-0.15, -0.1) is 0 Å². The Hall–Kier alpha value is -0.240. The molecule has 1 aliphatic heterocycles. The average molecular weight is 128 g/mol. The Morgan fingerprint density at radius 3 is 2.62 bits per heavy atom. The third-order valence-electron chi connectivity index (χ3n) is 1.18. The lowest BCUT2D eigenvalue weighted by Crippen LogP contribution is -1.95. The summed E-state index contributed by atoms with van der Waals surface area (Å²) < 4.78 is 0. The van der Waals surface area contributed by atoms with E-state index in [0.717, 1.165) is 11.3 Å².